The Hall–Kier alpha value is -2.94. The Morgan fingerprint density at radius 2 is 1.76 bits per heavy atom. The minimum Gasteiger partial charge on any atom is -0.478 e. The van der Waals surface area contributed by atoms with Gasteiger partial charge in [-0.3, -0.25) is 9.38 Å². The number of carbonyl (C=O) groups is 1. The maximum Gasteiger partial charge on any atom is 0.337 e. The highest BCUT2D eigenvalue weighted by molar-refractivity contribution is 7.91. The number of halogens is 2. The Labute approximate surface area is 175 Å². The number of fused-ring (bicyclic) bond motifs is 1. The highest BCUT2D eigenvalue weighted by Gasteiger charge is 2.29. The molecule has 0 saturated carbocycles. The highest BCUT2D eigenvalue weighted by Crippen LogP contribution is 2.36. The predicted octanol–water partition coefficient (Wildman–Crippen LogP) is 4.23. The molecule has 0 unspecified atom stereocenters. The van der Waals surface area contributed by atoms with E-state index in [1.807, 2.05) is 0 Å². The van der Waals surface area contributed by atoms with E-state index in [0.717, 1.165) is 0 Å². The number of aromatic carboxylic acids is 1. The molecule has 3 aromatic heterocycles. The summed E-state index contributed by atoms with van der Waals surface area (Å²) in [6.45, 7) is 0. The third-order valence-electron chi connectivity index (χ3n) is 4.24. The van der Waals surface area contributed by atoms with Crippen molar-refractivity contribution in [3.63, 3.8) is 0 Å². The van der Waals surface area contributed by atoms with Crippen molar-refractivity contribution < 1.29 is 18.3 Å². The van der Waals surface area contributed by atoms with Crippen molar-refractivity contribution in [2.24, 2.45) is 0 Å². The maximum atomic E-state index is 13.4. The molecule has 0 atom stereocenters. The minimum atomic E-state index is -4.10. The van der Waals surface area contributed by atoms with E-state index in [9.17, 15) is 13.2 Å². The van der Waals surface area contributed by atoms with Crippen LogP contribution in [0.2, 0.25) is 10.0 Å². The molecule has 7 nitrogen and oxygen atoms in total. The largest absolute Gasteiger partial charge is 0.478 e. The molecule has 1 aromatic carbocycles. The van der Waals surface area contributed by atoms with Crippen LogP contribution in [0, 0.1) is 0 Å². The Bertz CT molecular complexity index is 1350. The first kappa shape index (κ1) is 19.4. The maximum absolute atomic E-state index is 13.4. The van der Waals surface area contributed by atoms with Gasteiger partial charge in [0.1, 0.15) is 15.6 Å². The lowest BCUT2D eigenvalue weighted by atomic mass is 10.2. The van der Waals surface area contributed by atoms with Crippen LogP contribution in [0.25, 0.3) is 16.9 Å². The van der Waals surface area contributed by atoms with Crippen molar-refractivity contribution in [3.8, 4) is 11.3 Å². The van der Waals surface area contributed by atoms with Crippen molar-refractivity contribution in [1.82, 2.24) is 14.4 Å². The molecule has 29 heavy (non-hydrogen) atoms. The first-order chi connectivity index (χ1) is 13.8. The summed E-state index contributed by atoms with van der Waals surface area (Å²) in [7, 11) is -4.10. The number of carboxylic acids is 1. The fraction of sp³-hybridized carbons (Fsp3) is 0. The van der Waals surface area contributed by atoms with Gasteiger partial charge in [-0.15, -0.1) is 0 Å². The van der Waals surface area contributed by atoms with Crippen molar-refractivity contribution in [1.29, 1.82) is 0 Å². The summed E-state index contributed by atoms with van der Waals surface area (Å²) in [5, 5.41) is 8.96. The van der Waals surface area contributed by atoms with Crippen LogP contribution in [0.1, 0.15) is 10.4 Å². The summed E-state index contributed by atoms with van der Waals surface area (Å²) in [5.74, 6) is -1.11. The Balaban J connectivity index is 1.97. The number of nitrogens with zero attached hydrogens (tertiary/aromatic N) is 3. The minimum absolute atomic E-state index is 0.00169. The van der Waals surface area contributed by atoms with Crippen LogP contribution < -0.4 is 0 Å². The van der Waals surface area contributed by atoms with Crippen LogP contribution in [-0.4, -0.2) is 33.9 Å². The summed E-state index contributed by atoms with van der Waals surface area (Å²) in [4.78, 5) is 19.3. The summed E-state index contributed by atoms with van der Waals surface area (Å²) >= 11 is 12.3. The van der Waals surface area contributed by atoms with E-state index in [1.54, 1.807) is 18.3 Å². The van der Waals surface area contributed by atoms with Crippen molar-refractivity contribution in [2.75, 3.05) is 0 Å². The average molecular weight is 448 g/mol. The third-order valence-corrected chi connectivity index (χ3v) is 6.94. The third kappa shape index (κ3) is 3.25. The van der Waals surface area contributed by atoms with E-state index in [2.05, 4.69) is 9.97 Å². The van der Waals surface area contributed by atoms with Crippen LogP contribution >= 0.6 is 23.2 Å². The zero-order valence-electron chi connectivity index (χ0n) is 14.5. The van der Waals surface area contributed by atoms with Crippen LogP contribution in [0.5, 0.6) is 0 Å². The van der Waals surface area contributed by atoms with E-state index < -0.39 is 15.8 Å². The fourth-order valence-electron chi connectivity index (χ4n) is 2.92. The smallest absolute Gasteiger partial charge is 0.337 e. The van der Waals surface area contributed by atoms with Gasteiger partial charge in [0.05, 0.1) is 21.3 Å². The number of sulfone groups is 1. The summed E-state index contributed by atoms with van der Waals surface area (Å²) in [6, 6.07) is 10.3. The molecule has 0 amide bonds. The molecule has 4 rings (SSSR count). The molecule has 146 valence electrons. The molecule has 0 aliphatic rings. The summed E-state index contributed by atoms with van der Waals surface area (Å²) in [5.41, 5.74) is 1.15. The Morgan fingerprint density at radius 1 is 1.03 bits per heavy atom. The van der Waals surface area contributed by atoms with Crippen molar-refractivity contribution >= 4 is 44.7 Å². The van der Waals surface area contributed by atoms with E-state index in [4.69, 9.17) is 28.3 Å². The molecule has 0 radical (unpaired) electrons. The van der Waals surface area contributed by atoms with Crippen LogP contribution in [0.4, 0.5) is 0 Å². The number of pyridine rings is 1. The van der Waals surface area contributed by atoms with Crippen LogP contribution in [-0.2, 0) is 9.84 Å². The van der Waals surface area contributed by atoms with Gasteiger partial charge in [0, 0.05) is 24.2 Å². The topological polar surface area (TPSA) is 102 Å². The molecule has 0 saturated heterocycles. The fourth-order valence-corrected chi connectivity index (χ4v) is 5.47. The quantitative estimate of drug-likeness (QED) is 0.501. The molecule has 0 bridgehead atoms. The molecule has 0 fully saturated rings. The molecular weight excluding hydrogens is 437 g/mol. The SMILES string of the molecule is O=C(O)c1ccc(-c2cc(S(=O)(=O)c3c(Cl)cccc3Cl)n3cccnc23)nc1. The second-order valence-corrected chi connectivity index (χ2v) is 8.65. The second kappa shape index (κ2) is 7.14. The Morgan fingerprint density at radius 3 is 2.38 bits per heavy atom. The molecule has 0 aliphatic carbocycles. The van der Waals surface area contributed by atoms with E-state index >= 15 is 0 Å². The lowest BCUT2D eigenvalue weighted by Gasteiger charge is -2.08. The molecule has 10 heteroatoms. The molecule has 0 aliphatic heterocycles. The number of hydrogen-bond donors (Lipinski definition) is 1. The lowest BCUT2D eigenvalue weighted by molar-refractivity contribution is 0.0696. The van der Waals surface area contributed by atoms with Gasteiger partial charge in [0.25, 0.3) is 0 Å². The van der Waals surface area contributed by atoms with Crippen LogP contribution in [0.15, 0.2) is 71.0 Å². The molecule has 3 heterocycles. The molecular formula is C19H11Cl2N3O4S. The van der Waals surface area contributed by atoms with Crippen LogP contribution in [0.3, 0.4) is 0 Å². The number of aromatic nitrogens is 3. The second-order valence-electron chi connectivity index (χ2n) is 6.00. The van der Waals surface area contributed by atoms with E-state index in [-0.39, 0.29) is 25.5 Å². The zero-order valence-corrected chi connectivity index (χ0v) is 16.8. The molecule has 4 aromatic rings. The van der Waals surface area contributed by atoms with Gasteiger partial charge in [-0.05, 0) is 36.4 Å². The number of hydrogen-bond acceptors (Lipinski definition) is 5. The van der Waals surface area contributed by atoms with Gasteiger partial charge < -0.3 is 5.11 Å². The first-order valence-electron chi connectivity index (χ1n) is 8.15. The lowest BCUT2D eigenvalue weighted by Crippen LogP contribution is -2.07. The highest BCUT2D eigenvalue weighted by atomic mass is 35.5. The van der Waals surface area contributed by atoms with Gasteiger partial charge in [-0.1, -0.05) is 29.3 Å². The van der Waals surface area contributed by atoms with Gasteiger partial charge in [0.15, 0.2) is 0 Å². The molecule has 1 N–H and O–H groups in total. The van der Waals surface area contributed by atoms with Crippen molar-refractivity contribution in [2.45, 2.75) is 9.92 Å². The standard InChI is InChI=1S/C19H11Cl2N3O4S/c20-13-3-1-4-14(21)17(13)29(27,28)16-9-12(18-22-7-2-8-24(16)18)15-6-5-11(10-23-15)19(25)26/h1-10H,(H,25,26). The van der Waals surface area contributed by atoms with E-state index in [0.29, 0.717) is 16.9 Å². The monoisotopic (exact) mass is 447 g/mol. The number of rotatable bonds is 4. The van der Waals surface area contributed by atoms with E-state index in [1.165, 1.54) is 47.1 Å². The van der Waals surface area contributed by atoms with Gasteiger partial charge >= 0.3 is 5.97 Å². The normalized spacial score (nSPS) is 11.7. The number of benzene rings is 1. The van der Waals surface area contributed by atoms with Gasteiger partial charge in [-0.2, -0.15) is 0 Å². The van der Waals surface area contributed by atoms with Gasteiger partial charge in [0.2, 0.25) is 9.84 Å². The van der Waals surface area contributed by atoms with Crippen molar-refractivity contribution in [3.05, 3.63) is 76.7 Å². The first-order valence-corrected chi connectivity index (χ1v) is 10.4. The number of carboxylic acid groups (broad SMARTS) is 1. The summed E-state index contributed by atoms with van der Waals surface area (Å²) < 4.78 is 28.1. The zero-order chi connectivity index (χ0) is 20.8. The molecule has 0 spiro atoms. The average Bonchev–Trinajstić information content (AvgIpc) is 3.08. The predicted molar refractivity (Wildman–Crippen MR) is 107 cm³/mol. The van der Waals surface area contributed by atoms with Gasteiger partial charge in [-0.25, -0.2) is 18.2 Å². The summed E-state index contributed by atoms with van der Waals surface area (Å²) in [6.07, 6.45) is 4.27. The Kier molecular flexibility index (Phi) is 4.77.